The van der Waals surface area contributed by atoms with Gasteiger partial charge in [-0.15, -0.1) is 0 Å². The number of imidazole rings is 1. The molecule has 0 spiro atoms. The van der Waals surface area contributed by atoms with E-state index in [9.17, 15) is 4.79 Å². The lowest BCUT2D eigenvalue weighted by molar-refractivity contribution is -0.133. The molecule has 1 aliphatic rings. The van der Waals surface area contributed by atoms with E-state index >= 15 is 0 Å². The summed E-state index contributed by atoms with van der Waals surface area (Å²) >= 11 is 0. The molecule has 128 valence electrons. The maximum atomic E-state index is 12.1. The maximum Gasteiger partial charge on any atom is 0.249 e. The van der Waals surface area contributed by atoms with Gasteiger partial charge in [-0.1, -0.05) is 12.1 Å². The molecule has 3 rings (SSSR count). The van der Waals surface area contributed by atoms with Gasteiger partial charge in [0.15, 0.2) is 0 Å². The van der Waals surface area contributed by atoms with Crippen molar-refractivity contribution in [1.82, 2.24) is 14.9 Å². The van der Waals surface area contributed by atoms with Crippen LogP contribution < -0.4 is 5.32 Å². The monoisotopic (exact) mass is 329 g/mol. The Morgan fingerprint density at radius 1 is 1.54 bits per heavy atom. The SMILES string of the molecule is C[C@@H](OC[C@@H]1CCCO1)C(=O)NCc1cccc(-n2ccnc2)c1. The molecular weight excluding hydrogens is 306 g/mol. The van der Waals surface area contributed by atoms with Crippen LogP contribution >= 0.6 is 0 Å². The first-order valence-electron chi connectivity index (χ1n) is 8.30. The van der Waals surface area contributed by atoms with Crippen LogP contribution in [0.3, 0.4) is 0 Å². The van der Waals surface area contributed by atoms with Crippen LogP contribution in [-0.4, -0.2) is 40.9 Å². The van der Waals surface area contributed by atoms with Gasteiger partial charge in [0.1, 0.15) is 6.10 Å². The van der Waals surface area contributed by atoms with E-state index in [1.54, 1.807) is 19.4 Å². The van der Waals surface area contributed by atoms with Gasteiger partial charge in [0.2, 0.25) is 5.91 Å². The van der Waals surface area contributed by atoms with Gasteiger partial charge in [0, 0.05) is 31.2 Å². The number of hydrogen-bond donors (Lipinski definition) is 1. The lowest BCUT2D eigenvalue weighted by Gasteiger charge is -2.16. The van der Waals surface area contributed by atoms with Gasteiger partial charge >= 0.3 is 0 Å². The average molecular weight is 329 g/mol. The molecule has 2 heterocycles. The predicted molar refractivity (Wildman–Crippen MR) is 89.8 cm³/mol. The second-order valence-corrected chi connectivity index (χ2v) is 5.97. The lowest BCUT2D eigenvalue weighted by Crippen LogP contribution is -2.35. The number of carbonyl (C=O) groups excluding carboxylic acids is 1. The van der Waals surface area contributed by atoms with Gasteiger partial charge in [0.05, 0.1) is 19.0 Å². The van der Waals surface area contributed by atoms with Crippen molar-refractivity contribution in [2.75, 3.05) is 13.2 Å². The number of benzene rings is 1. The smallest absolute Gasteiger partial charge is 0.249 e. The molecule has 1 aromatic heterocycles. The largest absolute Gasteiger partial charge is 0.376 e. The Labute approximate surface area is 141 Å². The first kappa shape index (κ1) is 16.7. The summed E-state index contributed by atoms with van der Waals surface area (Å²) in [7, 11) is 0. The van der Waals surface area contributed by atoms with Crippen LogP contribution in [-0.2, 0) is 20.8 Å². The molecule has 2 atom stereocenters. The molecule has 0 bridgehead atoms. The van der Waals surface area contributed by atoms with Gasteiger partial charge in [0.25, 0.3) is 0 Å². The zero-order valence-electron chi connectivity index (χ0n) is 13.9. The van der Waals surface area contributed by atoms with E-state index in [1.165, 1.54) is 0 Å². The molecule has 1 saturated heterocycles. The summed E-state index contributed by atoms with van der Waals surface area (Å²) < 4.78 is 13.0. The first-order chi connectivity index (χ1) is 11.7. The second kappa shape index (κ2) is 8.08. The standard InChI is InChI=1S/C18H23N3O3/c1-14(24-12-17-6-3-9-23-17)18(22)20-11-15-4-2-5-16(10-15)21-8-7-19-13-21/h2,4-5,7-8,10,13-14,17H,3,6,9,11-12H2,1H3,(H,20,22)/t14-,17+/m1/s1. The number of amides is 1. The second-order valence-electron chi connectivity index (χ2n) is 5.97. The summed E-state index contributed by atoms with van der Waals surface area (Å²) in [5, 5.41) is 2.92. The summed E-state index contributed by atoms with van der Waals surface area (Å²) in [6.07, 6.45) is 7.11. The van der Waals surface area contributed by atoms with Crippen LogP contribution in [0.2, 0.25) is 0 Å². The number of nitrogens with one attached hydrogen (secondary N) is 1. The van der Waals surface area contributed by atoms with E-state index in [4.69, 9.17) is 9.47 Å². The number of nitrogens with zero attached hydrogens (tertiary/aromatic N) is 2. The molecule has 6 heteroatoms. The molecule has 1 amide bonds. The maximum absolute atomic E-state index is 12.1. The van der Waals surface area contributed by atoms with E-state index in [-0.39, 0.29) is 12.0 Å². The minimum atomic E-state index is -0.481. The average Bonchev–Trinajstić information content (AvgIpc) is 3.31. The van der Waals surface area contributed by atoms with E-state index in [0.717, 1.165) is 30.7 Å². The van der Waals surface area contributed by atoms with Crippen molar-refractivity contribution in [3.8, 4) is 5.69 Å². The van der Waals surface area contributed by atoms with Crippen molar-refractivity contribution in [3.63, 3.8) is 0 Å². The van der Waals surface area contributed by atoms with Crippen molar-refractivity contribution >= 4 is 5.91 Å². The third kappa shape index (κ3) is 4.43. The number of ether oxygens (including phenoxy) is 2. The molecule has 0 radical (unpaired) electrons. The van der Waals surface area contributed by atoms with Crippen LogP contribution in [0, 0.1) is 0 Å². The highest BCUT2D eigenvalue weighted by molar-refractivity contribution is 5.80. The van der Waals surface area contributed by atoms with Crippen LogP contribution in [0.1, 0.15) is 25.3 Å². The molecule has 1 aromatic carbocycles. The van der Waals surface area contributed by atoms with Crippen molar-refractivity contribution in [2.45, 2.75) is 38.5 Å². The third-order valence-electron chi connectivity index (χ3n) is 4.11. The zero-order valence-corrected chi connectivity index (χ0v) is 13.9. The minimum Gasteiger partial charge on any atom is -0.376 e. The molecule has 1 N–H and O–H groups in total. The summed E-state index contributed by atoms with van der Waals surface area (Å²) in [5.41, 5.74) is 2.04. The molecule has 2 aromatic rings. The van der Waals surface area contributed by atoms with E-state index in [1.807, 2.05) is 35.0 Å². The van der Waals surface area contributed by atoms with Gasteiger partial charge in [-0.3, -0.25) is 4.79 Å². The highest BCUT2D eigenvalue weighted by Crippen LogP contribution is 2.13. The lowest BCUT2D eigenvalue weighted by atomic mass is 10.2. The first-order valence-corrected chi connectivity index (χ1v) is 8.30. The van der Waals surface area contributed by atoms with Crippen molar-refractivity contribution in [1.29, 1.82) is 0 Å². The fraction of sp³-hybridized carbons (Fsp3) is 0.444. The number of hydrogen-bond acceptors (Lipinski definition) is 4. The van der Waals surface area contributed by atoms with Gasteiger partial charge in [-0.2, -0.15) is 0 Å². The Balaban J connectivity index is 1.47. The van der Waals surface area contributed by atoms with Crippen molar-refractivity contribution in [2.24, 2.45) is 0 Å². The Kier molecular flexibility index (Phi) is 5.61. The highest BCUT2D eigenvalue weighted by Gasteiger charge is 2.19. The summed E-state index contributed by atoms with van der Waals surface area (Å²) in [6.45, 7) is 3.51. The molecule has 0 unspecified atom stereocenters. The quantitative estimate of drug-likeness (QED) is 0.844. The van der Waals surface area contributed by atoms with E-state index in [2.05, 4.69) is 10.3 Å². The van der Waals surface area contributed by atoms with Crippen LogP contribution in [0.4, 0.5) is 0 Å². The predicted octanol–water partition coefficient (Wildman–Crippen LogP) is 2.07. The summed E-state index contributed by atoms with van der Waals surface area (Å²) in [5.74, 6) is -0.110. The molecule has 6 nitrogen and oxygen atoms in total. The Bertz CT molecular complexity index is 651. The van der Waals surface area contributed by atoms with Crippen molar-refractivity contribution in [3.05, 3.63) is 48.5 Å². The molecule has 1 fully saturated rings. The number of aromatic nitrogens is 2. The fourth-order valence-corrected chi connectivity index (χ4v) is 2.67. The van der Waals surface area contributed by atoms with Gasteiger partial charge in [-0.05, 0) is 37.5 Å². The van der Waals surface area contributed by atoms with E-state index in [0.29, 0.717) is 13.2 Å². The third-order valence-corrected chi connectivity index (χ3v) is 4.11. The van der Waals surface area contributed by atoms with Crippen LogP contribution in [0.15, 0.2) is 43.0 Å². The van der Waals surface area contributed by atoms with Crippen LogP contribution in [0.25, 0.3) is 5.69 Å². The van der Waals surface area contributed by atoms with Crippen molar-refractivity contribution < 1.29 is 14.3 Å². The summed E-state index contributed by atoms with van der Waals surface area (Å²) in [4.78, 5) is 16.2. The molecule has 24 heavy (non-hydrogen) atoms. The van der Waals surface area contributed by atoms with Crippen LogP contribution in [0.5, 0.6) is 0 Å². The number of rotatable bonds is 7. The minimum absolute atomic E-state index is 0.110. The zero-order chi connectivity index (χ0) is 16.8. The summed E-state index contributed by atoms with van der Waals surface area (Å²) in [6, 6.07) is 7.98. The Morgan fingerprint density at radius 3 is 3.21 bits per heavy atom. The Hall–Kier alpha value is -2.18. The molecule has 0 aliphatic carbocycles. The molecule has 1 aliphatic heterocycles. The molecular formula is C18H23N3O3. The van der Waals surface area contributed by atoms with Gasteiger partial charge in [-0.25, -0.2) is 4.98 Å². The topological polar surface area (TPSA) is 65.4 Å². The highest BCUT2D eigenvalue weighted by atomic mass is 16.5. The Morgan fingerprint density at radius 2 is 2.46 bits per heavy atom. The number of carbonyl (C=O) groups is 1. The fourth-order valence-electron chi connectivity index (χ4n) is 2.67. The van der Waals surface area contributed by atoms with Gasteiger partial charge < -0.3 is 19.4 Å². The normalized spacial score (nSPS) is 18.5. The molecule has 0 saturated carbocycles. The van der Waals surface area contributed by atoms with E-state index < -0.39 is 6.10 Å².